The quantitative estimate of drug-likeness (QED) is 0.0509. The average molecular weight is 1370 g/mol. The third-order valence-electron chi connectivity index (χ3n) is 33.7. The summed E-state index contributed by atoms with van der Waals surface area (Å²) in [5, 5.41) is 86.8. The Morgan fingerprint density at radius 1 is 0.454 bits per heavy atom. The molecular weight excluding hydrogens is 1240 g/mol. The summed E-state index contributed by atoms with van der Waals surface area (Å²) >= 11 is 1.66. The second-order valence-electron chi connectivity index (χ2n) is 37.5. The first kappa shape index (κ1) is 74.2. The van der Waals surface area contributed by atoms with Gasteiger partial charge in [-0.2, -0.15) is 11.8 Å². The largest absolute Gasteiger partial charge is 0.469 e. The predicted molar refractivity (Wildman–Crippen MR) is 378 cm³/mol. The van der Waals surface area contributed by atoms with Crippen LogP contribution in [0.1, 0.15) is 249 Å². The van der Waals surface area contributed by atoms with Crippen molar-refractivity contribution in [1.29, 1.82) is 0 Å². The van der Waals surface area contributed by atoms with Gasteiger partial charge in [-0.1, -0.05) is 62.3 Å². The maximum atomic E-state index is 14.4. The molecule has 0 heterocycles. The smallest absolute Gasteiger partial charge is 0.305 e. The summed E-state index contributed by atoms with van der Waals surface area (Å²) in [6.45, 7) is 22.4. The molecule has 12 fully saturated rings. The number of amides is 4. The van der Waals surface area contributed by atoms with Crippen LogP contribution < -0.4 is 21.3 Å². The van der Waals surface area contributed by atoms with Gasteiger partial charge in [-0.3, -0.25) is 24.0 Å². The third kappa shape index (κ3) is 13.0. The van der Waals surface area contributed by atoms with Crippen LogP contribution in [0, 0.1) is 139 Å². The lowest BCUT2D eigenvalue weighted by Gasteiger charge is -2.63. The molecule has 550 valence electrons. The Bertz CT molecular complexity index is 2850. The number of carbonyl (C=O) groups excluding carboxylic acids is 5. The number of ether oxygens (including phenoxy) is 1. The highest BCUT2D eigenvalue weighted by molar-refractivity contribution is 7.98. The van der Waals surface area contributed by atoms with Crippen LogP contribution in [-0.4, -0.2) is 140 Å². The van der Waals surface area contributed by atoms with Crippen LogP contribution in [0.5, 0.6) is 0 Å². The summed E-state index contributed by atoms with van der Waals surface area (Å²) in [5.41, 5.74) is -1.15. The molecule has 12 aliphatic rings. The van der Waals surface area contributed by atoms with Gasteiger partial charge in [-0.25, -0.2) is 0 Å². The number of nitrogens with one attached hydrogen (secondary N) is 4. The highest BCUT2D eigenvalue weighted by atomic mass is 32.2. The van der Waals surface area contributed by atoms with E-state index in [1.54, 1.807) is 18.7 Å². The van der Waals surface area contributed by atoms with Crippen molar-refractivity contribution in [2.45, 2.75) is 310 Å². The highest BCUT2D eigenvalue weighted by Gasteiger charge is 2.70. The predicted octanol–water partition coefficient (Wildman–Crippen LogP) is 10.9. The van der Waals surface area contributed by atoms with E-state index in [0.29, 0.717) is 63.7 Å². The summed E-state index contributed by atoms with van der Waals surface area (Å²) < 4.78 is 4.96. The fraction of sp³-hybridized carbons (Fsp3) is 0.938. The van der Waals surface area contributed by atoms with Gasteiger partial charge in [0.15, 0.2) is 0 Å². The van der Waals surface area contributed by atoms with E-state index in [4.69, 9.17) is 4.74 Å². The highest BCUT2D eigenvalue weighted by Crippen LogP contribution is 2.72. The lowest BCUT2D eigenvalue weighted by atomic mass is 9.43. The molecule has 97 heavy (non-hydrogen) atoms. The van der Waals surface area contributed by atoms with E-state index in [9.17, 15) is 54.6 Å². The summed E-state index contributed by atoms with van der Waals surface area (Å²) in [6, 6.07) is -0.557. The average Bonchev–Trinajstić information content (AvgIpc) is 1.69. The van der Waals surface area contributed by atoms with E-state index < -0.39 is 42.7 Å². The molecule has 0 aliphatic heterocycles. The Kier molecular flexibility index (Phi) is 21.8. The number of esters is 1. The van der Waals surface area contributed by atoms with Crippen LogP contribution >= 0.6 is 11.8 Å². The molecule has 21 unspecified atom stereocenters. The topological polar surface area (TPSA) is 264 Å². The van der Waals surface area contributed by atoms with Gasteiger partial charge in [-0.15, -0.1) is 0 Å². The van der Waals surface area contributed by atoms with E-state index >= 15 is 0 Å². The van der Waals surface area contributed by atoms with E-state index in [2.05, 4.69) is 83.6 Å². The van der Waals surface area contributed by atoms with Crippen molar-refractivity contribution in [3.63, 3.8) is 0 Å². The van der Waals surface area contributed by atoms with Gasteiger partial charge < -0.3 is 56.6 Å². The van der Waals surface area contributed by atoms with Gasteiger partial charge in [0.25, 0.3) is 0 Å². The normalized spacial score (nSPS) is 49.1. The summed E-state index contributed by atoms with van der Waals surface area (Å²) in [6.07, 6.45) is 20.9. The zero-order chi connectivity index (χ0) is 69.8. The first-order valence-corrected chi connectivity index (χ1v) is 41.1. The first-order valence-electron chi connectivity index (χ1n) is 39.7. The molecule has 0 bridgehead atoms. The molecule has 0 radical (unpaired) electrons. The molecule has 0 aromatic heterocycles. The second-order valence-corrected chi connectivity index (χ2v) is 38.5. The van der Waals surface area contributed by atoms with Crippen molar-refractivity contribution in [1.82, 2.24) is 21.3 Å². The molecule has 12 rings (SSSR count). The fourth-order valence-electron chi connectivity index (χ4n) is 28.3. The summed E-state index contributed by atoms with van der Waals surface area (Å²) in [4.78, 5) is 66.5. The van der Waals surface area contributed by atoms with Crippen molar-refractivity contribution in [2.75, 3.05) is 19.1 Å². The minimum Gasteiger partial charge on any atom is -0.469 e. The van der Waals surface area contributed by atoms with Gasteiger partial charge in [0.05, 0.1) is 43.7 Å². The van der Waals surface area contributed by atoms with Crippen molar-refractivity contribution in [3.8, 4) is 0 Å². The standard InChI is InChI=1S/C80H132N4O12S/c1-42(13-22-68(92)82-50-26-30-76(6)47(34-50)37-63(87)73-57-21-18-54(44(3)15-24-70(94)96-11)80(57,10)67(91)40-59(73)76)52-16-19-56-72-60(41-66(90)78(52,56)8)77(7)31-27-51(35-48(77)38-64(72)88)83-74(95)61(28-32-97-12)84-69(93)23-14-43(2)53-17-20-55-71-58(39-65(89)79(53,55)9)75(5)29-25-49(81-45(4)85)33-46(75)36-62(71)86/h42-44,46-67,71-73,86-91H,13-41H2,1-12H3,(H,81,85)(H,82,92)(H,83,95)(H,84,93)/t42?,43?,44?,46-,47-,48-,49+,50+,51+,52?,53?,54?,55?,56?,57?,58?,59?,60?,61-,62-,63-,64-,65?,66?,67?,71+,72+,73+,75?,76?,77?,78?,79?,80?/m0/s1. The molecule has 12 saturated carbocycles. The molecule has 0 saturated heterocycles. The Hall–Kier alpha value is -2.54. The molecule has 17 heteroatoms. The minimum absolute atomic E-state index is 0.000182. The number of aliphatic hydroxyl groups excluding tert-OH is 6. The molecule has 12 aliphatic carbocycles. The van der Waals surface area contributed by atoms with Gasteiger partial charge in [0, 0.05) is 44.3 Å². The van der Waals surface area contributed by atoms with E-state index in [0.717, 1.165) is 128 Å². The summed E-state index contributed by atoms with van der Waals surface area (Å²) in [5.74, 6) is 4.02. The van der Waals surface area contributed by atoms with Crippen molar-refractivity contribution in [3.05, 3.63) is 0 Å². The second kappa shape index (κ2) is 28.5. The number of carbonyl (C=O) groups is 5. The number of thioether (sulfide) groups is 1. The van der Waals surface area contributed by atoms with Crippen LogP contribution in [0.2, 0.25) is 0 Å². The Morgan fingerprint density at radius 3 is 1.19 bits per heavy atom. The Morgan fingerprint density at radius 2 is 0.814 bits per heavy atom. The SMILES string of the molecule is COC(=O)CCC(C)C1CCC2[C@@H]3C(CC(O)C12C)C1(C)CC[C@@H](NC(=O)CCC(C)C2CCC4[C@@H]5C(CC(O)C24C)C2(C)CC[C@@H](NC(=O)[C@H](CCSC)NC(=O)CCC(C)C4CCC6[C@@H]7C(CC(O)C46C)C4(C)CC[C@@H](NC(C)=O)C[C@H]4C[C@@H]7O)C[C@H]2C[C@@H]5O)C[C@H]1C[C@@H]3O. The first-order chi connectivity index (χ1) is 45.9. The number of rotatable bonds is 20. The van der Waals surface area contributed by atoms with Crippen LogP contribution in [0.4, 0.5) is 0 Å². The van der Waals surface area contributed by atoms with Gasteiger partial charge >= 0.3 is 5.97 Å². The molecule has 0 spiro atoms. The van der Waals surface area contributed by atoms with Crippen LogP contribution in [0.3, 0.4) is 0 Å². The van der Waals surface area contributed by atoms with Crippen molar-refractivity contribution in [2.24, 2.45) is 139 Å². The lowest BCUT2D eigenvalue weighted by molar-refractivity contribution is -0.203. The van der Waals surface area contributed by atoms with Gasteiger partial charge in [0.2, 0.25) is 23.6 Å². The Balaban J connectivity index is 0.603. The van der Waals surface area contributed by atoms with Crippen molar-refractivity contribution < 1.29 is 59.3 Å². The number of aliphatic hydroxyl groups is 6. The molecule has 10 N–H and O–H groups in total. The maximum Gasteiger partial charge on any atom is 0.305 e. The molecule has 34 atom stereocenters. The number of hydrogen-bond donors (Lipinski definition) is 10. The molecule has 0 aromatic carbocycles. The zero-order valence-electron chi connectivity index (χ0n) is 61.7. The monoisotopic (exact) mass is 1370 g/mol. The van der Waals surface area contributed by atoms with E-state index in [1.165, 1.54) is 7.11 Å². The van der Waals surface area contributed by atoms with Crippen LogP contribution in [0.25, 0.3) is 0 Å². The van der Waals surface area contributed by atoms with Crippen molar-refractivity contribution >= 4 is 41.4 Å². The molecule has 16 nitrogen and oxygen atoms in total. The summed E-state index contributed by atoms with van der Waals surface area (Å²) in [7, 11) is 1.44. The third-order valence-corrected chi connectivity index (χ3v) is 34.4. The molecular formula is C80H132N4O12S. The van der Waals surface area contributed by atoms with Gasteiger partial charge in [0.1, 0.15) is 6.04 Å². The van der Waals surface area contributed by atoms with Crippen LogP contribution in [0.15, 0.2) is 0 Å². The Labute approximate surface area is 587 Å². The van der Waals surface area contributed by atoms with Crippen LogP contribution in [-0.2, 0) is 28.7 Å². The van der Waals surface area contributed by atoms with Gasteiger partial charge in [-0.05, 0) is 312 Å². The fourth-order valence-corrected chi connectivity index (χ4v) is 28.8. The zero-order valence-corrected chi connectivity index (χ0v) is 62.5. The van der Waals surface area contributed by atoms with E-state index in [-0.39, 0.29) is 181 Å². The molecule has 4 amide bonds. The molecule has 0 aromatic rings. The maximum absolute atomic E-state index is 14.4. The van der Waals surface area contributed by atoms with E-state index in [1.807, 2.05) is 6.26 Å². The lowest BCUT2D eigenvalue weighted by Crippen LogP contribution is -2.63. The number of fused-ring (bicyclic) bond motifs is 15. The number of methoxy groups -OCH3 is 1. The minimum atomic E-state index is -0.662. The number of hydrogen-bond acceptors (Lipinski definition) is 13.